The molecule has 0 radical (unpaired) electrons. The van der Waals surface area contributed by atoms with Gasteiger partial charge in [-0.2, -0.15) is 5.10 Å². The van der Waals surface area contributed by atoms with Gasteiger partial charge in [0.1, 0.15) is 5.52 Å². The van der Waals surface area contributed by atoms with Crippen LogP contribution in [0, 0.1) is 0 Å². The van der Waals surface area contributed by atoms with Gasteiger partial charge in [-0.3, -0.25) is 10.1 Å². The van der Waals surface area contributed by atoms with Crippen LogP contribution in [0.1, 0.15) is 24.5 Å². The SMILES string of the molecule is CCCc1c(CN)cnc2cn[nH]c12. The van der Waals surface area contributed by atoms with E-state index in [0.717, 1.165) is 29.4 Å². The maximum atomic E-state index is 5.67. The number of aromatic amines is 1. The van der Waals surface area contributed by atoms with Crippen molar-refractivity contribution in [3.63, 3.8) is 0 Å². The quantitative estimate of drug-likeness (QED) is 0.768. The van der Waals surface area contributed by atoms with Crippen molar-refractivity contribution in [2.45, 2.75) is 26.3 Å². The lowest BCUT2D eigenvalue weighted by Gasteiger charge is -2.06. The average molecular weight is 190 g/mol. The molecule has 4 nitrogen and oxygen atoms in total. The Bertz CT molecular complexity index is 433. The van der Waals surface area contributed by atoms with E-state index in [4.69, 9.17) is 5.73 Å². The van der Waals surface area contributed by atoms with Gasteiger partial charge in [-0.15, -0.1) is 0 Å². The largest absolute Gasteiger partial charge is 0.326 e. The summed E-state index contributed by atoms with van der Waals surface area (Å²) in [6.07, 6.45) is 5.72. The van der Waals surface area contributed by atoms with Gasteiger partial charge in [0.25, 0.3) is 0 Å². The van der Waals surface area contributed by atoms with E-state index < -0.39 is 0 Å². The summed E-state index contributed by atoms with van der Waals surface area (Å²) >= 11 is 0. The summed E-state index contributed by atoms with van der Waals surface area (Å²) in [6, 6.07) is 0. The van der Waals surface area contributed by atoms with Gasteiger partial charge in [-0.25, -0.2) is 0 Å². The average Bonchev–Trinajstić information content (AvgIpc) is 2.67. The van der Waals surface area contributed by atoms with Crippen LogP contribution < -0.4 is 5.73 Å². The molecule has 14 heavy (non-hydrogen) atoms. The molecule has 0 aliphatic carbocycles. The maximum absolute atomic E-state index is 5.67. The molecule has 0 bridgehead atoms. The van der Waals surface area contributed by atoms with Gasteiger partial charge in [-0.1, -0.05) is 13.3 Å². The Morgan fingerprint density at radius 3 is 3.00 bits per heavy atom. The van der Waals surface area contributed by atoms with Crippen LogP contribution >= 0.6 is 0 Å². The first kappa shape index (κ1) is 9.15. The molecule has 4 heteroatoms. The Morgan fingerprint density at radius 2 is 2.29 bits per heavy atom. The molecule has 2 heterocycles. The molecule has 0 atom stereocenters. The van der Waals surface area contributed by atoms with Crippen LogP contribution in [0.2, 0.25) is 0 Å². The highest BCUT2D eigenvalue weighted by atomic mass is 15.1. The number of rotatable bonds is 3. The van der Waals surface area contributed by atoms with E-state index in [2.05, 4.69) is 22.1 Å². The number of pyridine rings is 1. The summed E-state index contributed by atoms with van der Waals surface area (Å²) in [6.45, 7) is 2.69. The zero-order chi connectivity index (χ0) is 9.97. The number of H-pyrrole nitrogens is 1. The summed E-state index contributed by atoms with van der Waals surface area (Å²) in [5, 5.41) is 6.97. The fraction of sp³-hybridized carbons (Fsp3) is 0.400. The molecule has 0 saturated carbocycles. The molecule has 0 amide bonds. The zero-order valence-electron chi connectivity index (χ0n) is 8.25. The molecule has 0 unspecified atom stereocenters. The first-order valence-corrected chi connectivity index (χ1v) is 4.86. The van der Waals surface area contributed by atoms with Crippen molar-refractivity contribution < 1.29 is 0 Å². The molecule has 0 aliphatic rings. The van der Waals surface area contributed by atoms with Crippen LogP contribution in [0.25, 0.3) is 11.0 Å². The van der Waals surface area contributed by atoms with Gasteiger partial charge in [-0.05, 0) is 17.5 Å². The van der Waals surface area contributed by atoms with Gasteiger partial charge in [0.2, 0.25) is 0 Å². The molecule has 2 aromatic heterocycles. The van der Waals surface area contributed by atoms with Gasteiger partial charge in [0.15, 0.2) is 0 Å². The lowest BCUT2D eigenvalue weighted by Crippen LogP contribution is -2.03. The maximum Gasteiger partial charge on any atom is 0.108 e. The van der Waals surface area contributed by atoms with Crippen LogP contribution in [0.4, 0.5) is 0 Å². The number of hydrogen-bond acceptors (Lipinski definition) is 3. The van der Waals surface area contributed by atoms with Crippen molar-refractivity contribution in [3.8, 4) is 0 Å². The lowest BCUT2D eigenvalue weighted by atomic mass is 10.0. The lowest BCUT2D eigenvalue weighted by molar-refractivity contribution is 0.892. The van der Waals surface area contributed by atoms with Gasteiger partial charge in [0, 0.05) is 12.7 Å². The molecule has 0 spiro atoms. The Labute approximate surface area is 82.5 Å². The Balaban J connectivity index is 2.62. The predicted molar refractivity (Wildman–Crippen MR) is 55.8 cm³/mol. The predicted octanol–water partition coefficient (Wildman–Crippen LogP) is 1.37. The number of hydrogen-bond donors (Lipinski definition) is 2. The second-order valence-corrected chi connectivity index (χ2v) is 3.35. The van der Waals surface area contributed by atoms with E-state index in [1.807, 2.05) is 6.20 Å². The zero-order valence-corrected chi connectivity index (χ0v) is 8.25. The van der Waals surface area contributed by atoms with E-state index in [0.29, 0.717) is 6.54 Å². The number of aromatic nitrogens is 3. The summed E-state index contributed by atoms with van der Waals surface area (Å²) in [7, 11) is 0. The fourth-order valence-electron chi connectivity index (χ4n) is 1.70. The summed E-state index contributed by atoms with van der Waals surface area (Å²) in [5.41, 5.74) is 10.0. The number of aryl methyl sites for hydroxylation is 1. The van der Waals surface area contributed by atoms with Gasteiger partial charge < -0.3 is 5.73 Å². The minimum absolute atomic E-state index is 0.539. The number of fused-ring (bicyclic) bond motifs is 1. The molecular weight excluding hydrogens is 176 g/mol. The highest BCUT2D eigenvalue weighted by Gasteiger charge is 2.08. The number of nitrogens with one attached hydrogen (secondary N) is 1. The van der Waals surface area contributed by atoms with E-state index >= 15 is 0 Å². The first-order valence-electron chi connectivity index (χ1n) is 4.86. The smallest absolute Gasteiger partial charge is 0.108 e. The van der Waals surface area contributed by atoms with Crippen LogP contribution in [0.5, 0.6) is 0 Å². The summed E-state index contributed by atoms with van der Waals surface area (Å²) < 4.78 is 0. The topological polar surface area (TPSA) is 67.6 Å². The highest BCUT2D eigenvalue weighted by molar-refractivity contribution is 5.78. The summed E-state index contributed by atoms with van der Waals surface area (Å²) in [5.74, 6) is 0. The third-order valence-corrected chi connectivity index (χ3v) is 2.39. The second-order valence-electron chi connectivity index (χ2n) is 3.35. The van der Waals surface area contributed by atoms with E-state index in [1.165, 1.54) is 5.56 Å². The van der Waals surface area contributed by atoms with E-state index in [9.17, 15) is 0 Å². The molecule has 0 aliphatic heterocycles. The van der Waals surface area contributed by atoms with Crippen LogP contribution in [-0.4, -0.2) is 15.2 Å². The Hall–Kier alpha value is -1.42. The molecule has 2 rings (SSSR count). The van der Waals surface area contributed by atoms with Crippen molar-refractivity contribution >= 4 is 11.0 Å². The second kappa shape index (κ2) is 3.75. The van der Waals surface area contributed by atoms with Crippen molar-refractivity contribution in [1.82, 2.24) is 15.2 Å². The highest BCUT2D eigenvalue weighted by Crippen LogP contribution is 2.19. The van der Waals surface area contributed by atoms with Gasteiger partial charge in [0.05, 0.1) is 11.7 Å². The molecule has 3 N–H and O–H groups in total. The van der Waals surface area contributed by atoms with Crippen LogP contribution in [0.15, 0.2) is 12.4 Å². The molecular formula is C10H14N4. The Kier molecular flexibility index (Phi) is 2.45. The minimum atomic E-state index is 0.539. The number of nitrogens with zero attached hydrogens (tertiary/aromatic N) is 2. The van der Waals surface area contributed by atoms with E-state index in [-0.39, 0.29) is 0 Å². The molecule has 0 fully saturated rings. The normalized spacial score (nSPS) is 11.0. The Morgan fingerprint density at radius 1 is 1.43 bits per heavy atom. The molecule has 0 aromatic carbocycles. The van der Waals surface area contributed by atoms with Crippen molar-refractivity contribution in [1.29, 1.82) is 0 Å². The van der Waals surface area contributed by atoms with Crippen molar-refractivity contribution in [3.05, 3.63) is 23.5 Å². The standard InChI is InChI=1S/C10H14N4/c1-2-3-8-7(4-11)5-12-9-6-13-14-10(8)9/h5-6H,2-4,11H2,1H3,(H,13,14). The van der Waals surface area contributed by atoms with Crippen LogP contribution in [-0.2, 0) is 13.0 Å². The van der Waals surface area contributed by atoms with Crippen molar-refractivity contribution in [2.75, 3.05) is 0 Å². The third kappa shape index (κ3) is 1.37. The molecule has 0 saturated heterocycles. The fourth-order valence-corrected chi connectivity index (χ4v) is 1.70. The molecule has 2 aromatic rings. The first-order chi connectivity index (χ1) is 6.86. The van der Waals surface area contributed by atoms with E-state index in [1.54, 1.807) is 6.20 Å². The van der Waals surface area contributed by atoms with Crippen molar-refractivity contribution in [2.24, 2.45) is 5.73 Å². The number of nitrogens with two attached hydrogens (primary N) is 1. The summed E-state index contributed by atoms with van der Waals surface area (Å²) in [4.78, 5) is 4.28. The third-order valence-electron chi connectivity index (χ3n) is 2.39. The van der Waals surface area contributed by atoms with Crippen LogP contribution in [0.3, 0.4) is 0 Å². The minimum Gasteiger partial charge on any atom is -0.326 e. The van der Waals surface area contributed by atoms with Gasteiger partial charge >= 0.3 is 0 Å². The molecule has 74 valence electrons. The monoisotopic (exact) mass is 190 g/mol.